The first-order valence-corrected chi connectivity index (χ1v) is 10.6. The van der Waals surface area contributed by atoms with Crippen LogP contribution in [0.15, 0.2) is 91.1 Å². The second-order valence-electron chi connectivity index (χ2n) is 7.74. The lowest BCUT2D eigenvalue weighted by molar-refractivity contribution is -0.141. The zero-order valence-corrected chi connectivity index (χ0v) is 17.8. The molecule has 6 heteroatoms. The minimum atomic E-state index is -1.14. The number of carbonyl (C=O) groups excluding carboxylic acids is 1. The van der Waals surface area contributed by atoms with E-state index < -0.39 is 23.7 Å². The summed E-state index contributed by atoms with van der Waals surface area (Å²) >= 11 is 0. The van der Waals surface area contributed by atoms with E-state index in [1.54, 1.807) is 12.1 Å². The number of carbonyl (C=O) groups is 2. The Bertz CT molecular complexity index is 1310. The number of aliphatic carboxylic acids is 1. The van der Waals surface area contributed by atoms with Gasteiger partial charge in [0.15, 0.2) is 0 Å². The quantitative estimate of drug-likeness (QED) is 0.390. The van der Waals surface area contributed by atoms with E-state index in [9.17, 15) is 19.1 Å². The van der Waals surface area contributed by atoms with E-state index in [1.807, 2.05) is 60.8 Å². The van der Waals surface area contributed by atoms with Gasteiger partial charge in [0.2, 0.25) is 5.91 Å². The van der Waals surface area contributed by atoms with E-state index in [1.165, 1.54) is 18.2 Å². The topological polar surface area (TPSA) is 71.3 Å². The fourth-order valence-corrected chi connectivity index (χ4v) is 3.81. The molecule has 0 aliphatic heterocycles. The summed E-state index contributed by atoms with van der Waals surface area (Å²) in [7, 11) is 0. The molecular weight excluding hydrogens is 419 g/mol. The molecule has 1 atom stereocenters. The fraction of sp³-hybridized carbons (Fsp3) is 0.111. The monoisotopic (exact) mass is 442 g/mol. The average molecular weight is 442 g/mol. The third-order valence-corrected chi connectivity index (χ3v) is 5.42. The van der Waals surface area contributed by atoms with Gasteiger partial charge in [-0.3, -0.25) is 4.79 Å². The second-order valence-corrected chi connectivity index (χ2v) is 7.74. The summed E-state index contributed by atoms with van der Waals surface area (Å²) < 4.78 is 15.8. The van der Waals surface area contributed by atoms with Crippen LogP contribution in [0.4, 0.5) is 4.39 Å². The van der Waals surface area contributed by atoms with Crippen LogP contribution in [0.2, 0.25) is 0 Å². The Labute approximate surface area is 190 Å². The van der Waals surface area contributed by atoms with Crippen molar-refractivity contribution in [3.63, 3.8) is 0 Å². The number of fused-ring (bicyclic) bond motifs is 1. The number of amides is 1. The molecule has 33 heavy (non-hydrogen) atoms. The van der Waals surface area contributed by atoms with Gasteiger partial charge in [0.1, 0.15) is 11.9 Å². The summed E-state index contributed by atoms with van der Waals surface area (Å²) in [6.07, 6.45) is 4.54. The molecule has 4 aromatic rings. The first kappa shape index (κ1) is 22.0. The fourth-order valence-electron chi connectivity index (χ4n) is 3.81. The maximum absolute atomic E-state index is 13.7. The van der Waals surface area contributed by atoms with E-state index in [4.69, 9.17) is 0 Å². The van der Waals surface area contributed by atoms with Crippen LogP contribution in [0.25, 0.3) is 17.0 Å². The second kappa shape index (κ2) is 9.96. The van der Waals surface area contributed by atoms with Gasteiger partial charge in [-0.2, -0.15) is 0 Å². The minimum absolute atomic E-state index is 0.122. The zero-order chi connectivity index (χ0) is 23.2. The molecule has 0 radical (unpaired) electrons. The summed E-state index contributed by atoms with van der Waals surface area (Å²) in [5.74, 6) is -2.19. The maximum atomic E-state index is 13.7. The molecular formula is C27H23FN2O3. The highest BCUT2D eigenvalue weighted by atomic mass is 19.1. The van der Waals surface area contributed by atoms with Crippen molar-refractivity contribution in [2.75, 3.05) is 0 Å². The highest BCUT2D eigenvalue weighted by Crippen LogP contribution is 2.24. The number of carboxylic acid groups (broad SMARTS) is 1. The van der Waals surface area contributed by atoms with Crippen LogP contribution in [-0.2, 0) is 22.6 Å². The number of carboxylic acids is 1. The van der Waals surface area contributed by atoms with Crippen LogP contribution in [0, 0.1) is 5.82 Å². The lowest BCUT2D eigenvalue weighted by Gasteiger charge is -2.13. The molecule has 2 N–H and O–H groups in total. The third-order valence-electron chi connectivity index (χ3n) is 5.42. The number of para-hydroxylation sites is 1. The Morgan fingerprint density at radius 2 is 1.67 bits per heavy atom. The van der Waals surface area contributed by atoms with Crippen molar-refractivity contribution in [3.8, 4) is 0 Å². The minimum Gasteiger partial charge on any atom is -0.480 e. The number of nitrogens with zero attached hydrogens (tertiary/aromatic N) is 1. The number of hydrogen-bond donors (Lipinski definition) is 2. The molecule has 0 spiro atoms. The first-order chi connectivity index (χ1) is 16.0. The normalized spacial score (nSPS) is 12.2. The number of benzene rings is 3. The van der Waals surface area contributed by atoms with Gasteiger partial charge >= 0.3 is 5.97 Å². The molecule has 166 valence electrons. The largest absolute Gasteiger partial charge is 0.480 e. The van der Waals surface area contributed by atoms with Gasteiger partial charge in [-0.25, -0.2) is 9.18 Å². The van der Waals surface area contributed by atoms with Crippen LogP contribution in [0.5, 0.6) is 0 Å². The van der Waals surface area contributed by atoms with Crippen molar-refractivity contribution >= 4 is 28.9 Å². The molecule has 0 aliphatic carbocycles. The molecule has 0 saturated heterocycles. The molecule has 0 bridgehead atoms. The summed E-state index contributed by atoms with van der Waals surface area (Å²) in [6.45, 7) is 0.650. The number of rotatable bonds is 8. The highest BCUT2D eigenvalue weighted by molar-refractivity contribution is 5.94. The Kier molecular flexibility index (Phi) is 6.64. The van der Waals surface area contributed by atoms with Crippen LogP contribution in [-0.4, -0.2) is 27.6 Å². The number of halogens is 1. The van der Waals surface area contributed by atoms with Crippen LogP contribution >= 0.6 is 0 Å². The van der Waals surface area contributed by atoms with Crippen molar-refractivity contribution in [3.05, 3.63) is 114 Å². The Balaban J connectivity index is 1.54. The van der Waals surface area contributed by atoms with E-state index in [0.29, 0.717) is 6.54 Å². The average Bonchev–Trinajstić information content (AvgIpc) is 3.16. The van der Waals surface area contributed by atoms with Crippen molar-refractivity contribution < 1.29 is 19.1 Å². The maximum Gasteiger partial charge on any atom is 0.326 e. The lowest BCUT2D eigenvalue weighted by Crippen LogP contribution is -2.41. The molecule has 1 aromatic heterocycles. The molecule has 0 fully saturated rings. The van der Waals surface area contributed by atoms with Gasteiger partial charge in [0.25, 0.3) is 0 Å². The predicted octanol–water partition coefficient (Wildman–Crippen LogP) is 4.65. The zero-order valence-electron chi connectivity index (χ0n) is 17.8. The smallest absolute Gasteiger partial charge is 0.326 e. The Morgan fingerprint density at radius 1 is 0.970 bits per heavy atom. The van der Waals surface area contributed by atoms with Crippen molar-refractivity contribution in [1.82, 2.24) is 9.88 Å². The molecule has 5 nitrogen and oxygen atoms in total. The number of hydrogen-bond acceptors (Lipinski definition) is 2. The molecule has 4 rings (SSSR count). The molecule has 0 aliphatic rings. The van der Waals surface area contributed by atoms with Crippen LogP contribution in [0.1, 0.15) is 16.7 Å². The summed E-state index contributed by atoms with van der Waals surface area (Å²) in [5, 5.41) is 13.2. The van der Waals surface area contributed by atoms with Crippen LogP contribution < -0.4 is 5.32 Å². The first-order valence-electron chi connectivity index (χ1n) is 10.6. The summed E-state index contributed by atoms with van der Waals surface area (Å²) in [6, 6.07) is 22.7. The Hall–Kier alpha value is -4.19. The molecule has 3 aromatic carbocycles. The Morgan fingerprint density at radius 3 is 2.42 bits per heavy atom. The predicted molar refractivity (Wildman–Crippen MR) is 126 cm³/mol. The van der Waals surface area contributed by atoms with Gasteiger partial charge in [0.05, 0.1) is 0 Å². The van der Waals surface area contributed by atoms with Gasteiger partial charge in [-0.05, 0) is 29.3 Å². The van der Waals surface area contributed by atoms with Crippen molar-refractivity contribution in [2.45, 2.75) is 19.0 Å². The number of aromatic nitrogens is 1. The molecule has 0 saturated carbocycles. The van der Waals surface area contributed by atoms with Crippen molar-refractivity contribution in [2.24, 2.45) is 0 Å². The van der Waals surface area contributed by atoms with E-state index in [-0.39, 0.29) is 12.0 Å². The summed E-state index contributed by atoms with van der Waals surface area (Å²) in [5.41, 5.74) is 3.20. The van der Waals surface area contributed by atoms with Gasteiger partial charge in [0, 0.05) is 41.7 Å². The van der Waals surface area contributed by atoms with Gasteiger partial charge < -0.3 is 15.0 Å². The van der Waals surface area contributed by atoms with Crippen LogP contribution in [0.3, 0.4) is 0 Å². The highest BCUT2D eigenvalue weighted by Gasteiger charge is 2.22. The summed E-state index contributed by atoms with van der Waals surface area (Å²) in [4.78, 5) is 24.2. The lowest BCUT2D eigenvalue weighted by atomic mass is 10.0. The standard InChI is InChI=1S/C27H23FN2O3/c28-23-12-6-4-10-20(23)14-15-26(31)29-24(27(32)33)16-21-18-30(17-19-8-2-1-3-9-19)25-13-7-5-11-22(21)25/h1-15,18,24H,16-17H2,(H,29,31)(H,32,33)/t24-/m0/s1. The SMILES string of the molecule is O=C(C=Cc1ccccc1F)N[C@@H](Cc1cn(Cc2ccccc2)c2ccccc12)C(=O)O. The van der Waals surface area contributed by atoms with E-state index >= 15 is 0 Å². The number of nitrogens with one attached hydrogen (secondary N) is 1. The van der Waals surface area contributed by atoms with E-state index in [2.05, 4.69) is 9.88 Å². The molecule has 1 amide bonds. The third kappa shape index (κ3) is 5.36. The van der Waals surface area contributed by atoms with E-state index in [0.717, 1.165) is 28.1 Å². The molecule has 0 unspecified atom stereocenters. The van der Waals surface area contributed by atoms with Gasteiger partial charge in [-0.15, -0.1) is 0 Å². The molecule has 1 heterocycles. The van der Waals surface area contributed by atoms with Gasteiger partial charge in [-0.1, -0.05) is 66.7 Å². The van der Waals surface area contributed by atoms with Crippen molar-refractivity contribution in [1.29, 1.82) is 0 Å².